The molecule has 0 saturated carbocycles. The van der Waals surface area contributed by atoms with Crippen LogP contribution in [-0.2, 0) is 6.18 Å². The van der Waals surface area contributed by atoms with Crippen molar-refractivity contribution in [1.82, 2.24) is 0 Å². The Labute approximate surface area is 124 Å². The first kappa shape index (κ1) is 15.4. The number of anilines is 1. The van der Waals surface area contributed by atoms with E-state index in [0.29, 0.717) is 10.7 Å². The third kappa shape index (κ3) is 3.76. The quantitative estimate of drug-likeness (QED) is 0.837. The molecule has 0 aliphatic carbocycles. The molecule has 0 unspecified atom stereocenters. The van der Waals surface area contributed by atoms with Crippen molar-refractivity contribution in [3.05, 3.63) is 64.2 Å². The Hall–Kier alpha value is -2.01. The van der Waals surface area contributed by atoms with Gasteiger partial charge in [0.2, 0.25) is 0 Å². The fourth-order valence-electron chi connectivity index (χ4n) is 1.75. The van der Waals surface area contributed by atoms with Gasteiger partial charge in [0.15, 0.2) is 0 Å². The molecule has 0 saturated heterocycles. The zero-order valence-electron chi connectivity index (χ0n) is 11.0. The summed E-state index contributed by atoms with van der Waals surface area (Å²) in [6.07, 6.45) is -4.49. The van der Waals surface area contributed by atoms with Crippen molar-refractivity contribution in [2.75, 3.05) is 5.32 Å². The highest BCUT2D eigenvalue weighted by atomic mass is 35.5. The second-order valence-corrected chi connectivity index (χ2v) is 4.92. The molecule has 0 fully saturated rings. The molecule has 2 nitrogen and oxygen atoms in total. The first-order valence-electron chi connectivity index (χ1n) is 6.02. The van der Waals surface area contributed by atoms with Gasteiger partial charge in [0.1, 0.15) is 0 Å². The molecule has 0 radical (unpaired) electrons. The number of carbonyl (C=O) groups is 1. The van der Waals surface area contributed by atoms with E-state index in [0.717, 1.165) is 17.7 Å². The number of rotatable bonds is 2. The number of hydrogen-bond acceptors (Lipinski definition) is 1. The lowest BCUT2D eigenvalue weighted by molar-refractivity contribution is -0.137. The molecule has 6 heteroatoms. The molecule has 21 heavy (non-hydrogen) atoms. The molecule has 0 aliphatic rings. The summed E-state index contributed by atoms with van der Waals surface area (Å²) in [7, 11) is 0. The highest BCUT2D eigenvalue weighted by Crippen LogP contribution is 2.30. The molecule has 0 atom stereocenters. The Balaban J connectivity index is 2.25. The third-order valence-electron chi connectivity index (χ3n) is 2.82. The summed E-state index contributed by atoms with van der Waals surface area (Å²) in [6, 6.07) is 9.22. The van der Waals surface area contributed by atoms with E-state index in [1.807, 2.05) is 6.92 Å². The minimum Gasteiger partial charge on any atom is -0.321 e. The first-order valence-corrected chi connectivity index (χ1v) is 6.40. The van der Waals surface area contributed by atoms with E-state index >= 15 is 0 Å². The first-order chi connectivity index (χ1) is 9.77. The molecule has 1 amide bonds. The second kappa shape index (κ2) is 5.77. The molecule has 2 aromatic carbocycles. The van der Waals surface area contributed by atoms with Gasteiger partial charge < -0.3 is 5.32 Å². The fourth-order valence-corrected chi connectivity index (χ4v) is 2.04. The molecule has 0 heterocycles. The Bertz CT molecular complexity index is 683. The molecule has 0 aliphatic heterocycles. The van der Waals surface area contributed by atoms with Gasteiger partial charge in [-0.2, -0.15) is 13.2 Å². The summed E-state index contributed by atoms with van der Waals surface area (Å²) >= 11 is 5.97. The lowest BCUT2D eigenvalue weighted by atomic mass is 10.1. The van der Waals surface area contributed by atoms with Crippen LogP contribution in [0.3, 0.4) is 0 Å². The van der Waals surface area contributed by atoms with Crippen molar-refractivity contribution in [3.8, 4) is 0 Å². The maximum Gasteiger partial charge on any atom is 0.416 e. The van der Waals surface area contributed by atoms with E-state index in [1.54, 1.807) is 18.2 Å². The maximum absolute atomic E-state index is 12.6. The molecule has 0 spiro atoms. The highest BCUT2D eigenvalue weighted by molar-refractivity contribution is 6.34. The molecule has 2 aromatic rings. The van der Waals surface area contributed by atoms with Crippen LogP contribution in [0.25, 0.3) is 0 Å². The predicted octanol–water partition coefficient (Wildman–Crippen LogP) is 4.92. The van der Waals surface area contributed by atoms with Crippen LogP contribution in [0.1, 0.15) is 21.5 Å². The summed E-state index contributed by atoms with van der Waals surface area (Å²) in [6.45, 7) is 1.84. The molecule has 2 rings (SSSR count). The third-order valence-corrected chi connectivity index (χ3v) is 3.14. The number of halogens is 4. The zero-order valence-corrected chi connectivity index (χ0v) is 11.7. The van der Waals surface area contributed by atoms with Crippen LogP contribution in [0.4, 0.5) is 18.9 Å². The molecule has 0 bridgehead atoms. The van der Waals surface area contributed by atoms with Crippen molar-refractivity contribution in [2.24, 2.45) is 0 Å². The largest absolute Gasteiger partial charge is 0.416 e. The van der Waals surface area contributed by atoms with Crippen molar-refractivity contribution in [2.45, 2.75) is 13.1 Å². The highest BCUT2D eigenvalue weighted by Gasteiger charge is 2.30. The van der Waals surface area contributed by atoms with Crippen LogP contribution in [0.5, 0.6) is 0 Å². The molecular formula is C15H11ClF3NO. The van der Waals surface area contributed by atoms with Crippen molar-refractivity contribution in [3.63, 3.8) is 0 Å². The number of alkyl halides is 3. The normalized spacial score (nSPS) is 11.3. The topological polar surface area (TPSA) is 29.1 Å². The molecule has 1 N–H and O–H groups in total. The van der Waals surface area contributed by atoms with E-state index in [-0.39, 0.29) is 5.56 Å². The number of benzene rings is 2. The average molecular weight is 314 g/mol. The van der Waals surface area contributed by atoms with Crippen molar-refractivity contribution in [1.29, 1.82) is 0 Å². The Morgan fingerprint density at radius 3 is 2.48 bits per heavy atom. The Kier molecular flexibility index (Phi) is 4.23. The Morgan fingerprint density at radius 2 is 1.86 bits per heavy atom. The van der Waals surface area contributed by atoms with E-state index in [9.17, 15) is 18.0 Å². The van der Waals surface area contributed by atoms with Crippen LogP contribution in [0, 0.1) is 6.92 Å². The summed E-state index contributed by atoms with van der Waals surface area (Å²) in [4.78, 5) is 12.0. The van der Waals surface area contributed by atoms with Gasteiger partial charge in [0, 0.05) is 5.56 Å². The van der Waals surface area contributed by atoms with Gasteiger partial charge in [-0.05, 0) is 42.8 Å². The van der Waals surface area contributed by atoms with E-state index in [2.05, 4.69) is 5.32 Å². The van der Waals surface area contributed by atoms with Crippen molar-refractivity contribution >= 4 is 23.2 Å². The SMILES string of the molecule is Cc1ccc(NC(=O)c2cccc(C(F)(F)F)c2)c(Cl)c1. The maximum atomic E-state index is 12.6. The minimum atomic E-state index is -4.49. The molecule has 0 aromatic heterocycles. The number of carbonyl (C=O) groups excluding carboxylic acids is 1. The van der Waals surface area contributed by atoms with E-state index < -0.39 is 17.6 Å². The van der Waals surface area contributed by atoms with Gasteiger partial charge in [-0.25, -0.2) is 0 Å². The van der Waals surface area contributed by atoms with Crippen molar-refractivity contribution < 1.29 is 18.0 Å². The lowest BCUT2D eigenvalue weighted by Gasteiger charge is -2.10. The van der Waals surface area contributed by atoms with Crippen LogP contribution in [0.15, 0.2) is 42.5 Å². The van der Waals surface area contributed by atoms with Gasteiger partial charge in [0.05, 0.1) is 16.3 Å². The van der Waals surface area contributed by atoms with Gasteiger partial charge in [-0.1, -0.05) is 23.7 Å². The summed E-state index contributed by atoms with van der Waals surface area (Å²) in [5.74, 6) is -0.646. The number of nitrogens with one attached hydrogen (secondary N) is 1. The van der Waals surface area contributed by atoms with Gasteiger partial charge in [0.25, 0.3) is 5.91 Å². The summed E-state index contributed by atoms with van der Waals surface area (Å²) in [5.41, 5.74) is 0.313. The average Bonchev–Trinajstić information content (AvgIpc) is 2.41. The van der Waals surface area contributed by atoms with Gasteiger partial charge >= 0.3 is 6.18 Å². The standard InChI is InChI=1S/C15H11ClF3NO/c1-9-5-6-13(12(16)7-9)20-14(21)10-3-2-4-11(8-10)15(17,18)19/h2-8H,1H3,(H,20,21). The molecule has 110 valence electrons. The number of amides is 1. The second-order valence-electron chi connectivity index (χ2n) is 4.52. The number of aryl methyl sites for hydroxylation is 1. The zero-order chi connectivity index (χ0) is 15.6. The van der Waals surface area contributed by atoms with Crippen LogP contribution >= 0.6 is 11.6 Å². The number of hydrogen-bond donors (Lipinski definition) is 1. The summed E-state index contributed by atoms with van der Waals surface area (Å²) < 4.78 is 37.8. The molecular weight excluding hydrogens is 303 g/mol. The van der Waals surface area contributed by atoms with Gasteiger partial charge in [-0.15, -0.1) is 0 Å². The van der Waals surface area contributed by atoms with Crippen LogP contribution < -0.4 is 5.32 Å². The summed E-state index contributed by atoms with van der Waals surface area (Å²) in [5, 5.41) is 2.82. The van der Waals surface area contributed by atoms with Crippen LogP contribution in [0.2, 0.25) is 5.02 Å². The van der Waals surface area contributed by atoms with E-state index in [1.165, 1.54) is 12.1 Å². The fraction of sp³-hybridized carbons (Fsp3) is 0.133. The minimum absolute atomic E-state index is 0.0820. The van der Waals surface area contributed by atoms with Crippen LogP contribution in [-0.4, -0.2) is 5.91 Å². The van der Waals surface area contributed by atoms with E-state index in [4.69, 9.17) is 11.6 Å². The smallest absolute Gasteiger partial charge is 0.321 e. The van der Waals surface area contributed by atoms with Gasteiger partial charge in [-0.3, -0.25) is 4.79 Å². The lowest BCUT2D eigenvalue weighted by Crippen LogP contribution is -2.14. The Morgan fingerprint density at radius 1 is 1.14 bits per heavy atom. The predicted molar refractivity (Wildman–Crippen MR) is 75.6 cm³/mol. The monoisotopic (exact) mass is 313 g/mol.